The molecule has 7 heteroatoms. The quantitative estimate of drug-likeness (QED) is 0.798. The van der Waals surface area contributed by atoms with Crippen LogP contribution in [0.2, 0.25) is 10.0 Å². The van der Waals surface area contributed by atoms with Crippen LogP contribution in [0.25, 0.3) is 0 Å². The molecule has 0 fully saturated rings. The fourth-order valence-electron chi connectivity index (χ4n) is 2.03. The predicted molar refractivity (Wildman–Crippen MR) is 91.1 cm³/mol. The van der Waals surface area contributed by atoms with E-state index in [0.717, 1.165) is 4.90 Å². The van der Waals surface area contributed by atoms with E-state index in [9.17, 15) is 4.79 Å². The fraction of sp³-hybridized carbons (Fsp3) is 0.133. The molecule has 1 heterocycles. The number of ether oxygens (including phenoxy) is 1. The van der Waals surface area contributed by atoms with Gasteiger partial charge in [0.15, 0.2) is 6.10 Å². The van der Waals surface area contributed by atoms with Gasteiger partial charge in [-0.25, -0.2) is 0 Å². The molecule has 0 aliphatic carbocycles. The van der Waals surface area contributed by atoms with Gasteiger partial charge in [-0.3, -0.25) is 4.79 Å². The summed E-state index contributed by atoms with van der Waals surface area (Å²) in [5, 5.41) is 3.35. The van der Waals surface area contributed by atoms with Crippen molar-refractivity contribution in [1.82, 2.24) is 0 Å². The number of hydrogen-bond acceptors (Lipinski definition) is 4. The van der Waals surface area contributed by atoms with Crippen molar-refractivity contribution in [1.29, 1.82) is 0 Å². The van der Waals surface area contributed by atoms with Crippen LogP contribution in [0.3, 0.4) is 0 Å². The summed E-state index contributed by atoms with van der Waals surface area (Å²) in [6.45, 7) is 0. The third-order valence-electron chi connectivity index (χ3n) is 3.15. The number of carbonyl (C=O) groups is 1. The first-order valence-corrected chi connectivity index (χ1v) is 8.22. The number of thioether (sulfide) groups is 1. The van der Waals surface area contributed by atoms with Gasteiger partial charge in [-0.15, -0.1) is 11.8 Å². The molecule has 2 aromatic rings. The normalized spacial score (nSPS) is 16.5. The van der Waals surface area contributed by atoms with Gasteiger partial charge in [-0.1, -0.05) is 35.3 Å². The summed E-state index contributed by atoms with van der Waals surface area (Å²) in [5.74, 6) is 1.01. The Labute approximate surface area is 141 Å². The molecular weight excluding hydrogens is 343 g/mol. The molecule has 1 unspecified atom stereocenters. The smallest absolute Gasteiger partial charge is 0.266 e. The Kier molecular flexibility index (Phi) is 4.38. The molecule has 114 valence electrons. The van der Waals surface area contributed by atoms with Crippen molar-refractivity contribution in [2.45, 2.75) is 11.0 Å². The number of nitrogens with two attached hydrogens (primary N) is 1. The van der Waals surface area contributed by atoms with Crippen LogP contribution < -0.4 is 15.8 Å². The third kappa shape index (κ3) is 3.11. The molecule has 1 atom stereocenters. The van der Waals surface area contributed by atoms with Gasteiger partial charge in [0, 0.05) is 16.3 Å². The van der Waals surface area contributed by atoms with E-state index in [1.54, 1.807) is 23.9 Å². The highest BCUT2D eigenvalue weighted by Crippen LogP contribution is 2.35. The molecule has 22 heavy (non-hydrogen) atoms. The Morgan fingerprint density at radius 2 is 1.95 bits per heavy atom. The van der Waals surface area contributed by atoms with E-state index in [0.29, 0.717) is 32.9 Å². The van der Waals surface area contributed by atoms with Crippen LogP contribution in [0.4, 0.5) is 11.4 Å². The monoisotopic (exact) mass is 354 g/mol. The molecule has 4 nitrogen and oxygen atoms in total. The molecule has 0 spiro atoms. The van der Waals surface area contributed by atoms with Crippen molar-refractivity contribution in [3.05, 3.63) is 46.4 Å². The standard InChI is InChI=1S/C15H12Cl2N2O2S/c16-9-5-8(6-10(17)14(9)18)19-15(20)12-7-22-13-4-2-1-3-11(13)21-12/h1-6,12H,7,18H2,(H,19,20). The van der Waals surface area contributed by atoms with Gasteiger partial charge in [0.25, 0.3) is 5.91 Å². The Morgan fingerprint density at radius 3 is 2.68 bits per heavy atom. The van der Waals surface area contributed by atoms with Crippen LogP contribution in [-0.4, -0.2) is 17.8 Å². The average molecular weight is 355 g/mol. The highest BCUT2D eigenvalue weighted by molar-refractivity contribution is 7.99. The van der Waals surface area contributed by atoms with Crippen molar-refractivity contribution in [2.24, 2.45) is 0 Å². The lowest BCUT2D eigenvalue weighted by Crippen LogP contribution is -2.36. The van der Waals surface area contributed by atoms with Crippen molar-refractivity contribution >= 4 is 52.2 Å². The first kappa shape index (κ1) is 15.3. The molecule has 1 aliphatic rings. The number of benzene rings is 2. The average Bonchev–Trinajstić information content (AvgIpc) is 2.52. The minimum Gasteiger partial charge on any atom is -0.479 e. The maximum atomic E-state index is 12.3. The zero-order valence-electron chi connectivity index (χ0n) is 11.3. The van der Waals surface area contributed by atoms with E-state index >= 15 is 0 Å². The number of nitrogens with one attached hydrogen (secondary N) is 1. The number of halogens is 2. The first-order chi connectivity index (χ1) is 10.5. The number of rotatable bonds is 2. The van der Waals surface area contributed by atoms with Crippen molar-refractivity contribution in [3.63, 3.8) is 0 Å². The topological polar surface area (TPSA) is 64.3 Å². The molecule has 0 saturated carbocycles. The van der Waals surface area contributed by atoms with Crippen molar-refractivity contribution in [2.75, 3.05) is 16.8 Å². The van der Waals surface area contributed by atoms with E-state index in [2.05, 4.69) is 5.32 Å². The molecule has 0 aromatic heterocycles. The minimum atomic E-state index is -0.574. The zero-order chi connectivity index (χ0) is 15.7. The van der Waals surface area contributed by atoms with Gasteiger partial charge >= 0.3 is 0 Å². The second-order valence-electron chi connectivity index (χ2n) is 4.71. The van der Waals surface area contributed by atoms with Gasteiger partial charge in [-0.2, -0.15) is 0 Å². The lowest BCUT2D eigenvalue weighted by atomic mass is 10.2. The number of anilines is 2. The van der Waals surface area contributed by atoms with Crippen molar-refractivity contribution in [3.8, 4) is 5.75 Å². The maximum Gasteiger partial charge on any atom is 0.266 e. The SMILES string of the molecule is Nc1c(Cl)cc(NC(=O)C2CSc3ccccc3O2)cc1Cl. The van der Waals surface area contributed by atoms with Crippen LogP contribution >= 0.6 is 35.0 Å². The summed E-state index contributed by atoms with van der Waals surface area (Å²) in [6.07, 6.45) is -0.574. The van der Waals surface area contributed by atoms with E-state index in [-0.39, 0.29) is 5.91 Å². The van der Waals surface area contributed by atoms with Crippen LogP contribution in [0, 0.1) is 0 Å². The molecule has 2 aromatic carbocycles. The van der Waals surface area contributed by atoms with E-state index in [4.69, 9.17) is 33.7 Å². The molecule has 0 bridgehead atoms. The lowest BCUT2D eigenvalue weighted by Gasteiger charge is -2.24. The van der Waals surface area contributed by atoms with Crippen LogP contribution in [0.5, 0.6) is 5.75 Å². The Bertz CT molecular complexity index is 716. The number of fused-ring (bicyclic) bond motifs is 1. The molecule has 1 aliphatic heterocycles. The number of hydrogen-bond donors (Lipinski definition) is 2. The highest BCUT2D eigenvalue weighted by atomic mass is 35.5. The molecule has 0 radical (unpaired) electrons. The van der Waals surface area contributed by atoms with E-state index in [1.807, 2.05) is 24.3 Å². The predicted octanol–water partition coefficient (Wildman–Crippen LogP) is 4.07. The Balaban J connectivity index is 1.73. The van der Waals surface area contributed by atoms with E-state index < -0.39 is 6.10 Å². The summed E-state index contributed by atoms with van der Waals surface area (Å²) in [4.78, 5) is 13.4. The van der Waals surface area contributed by atoms with Crippen LogP contribution in [-0.2, 0) is 4.79 Å². The van der Waals surface area contributed by atoms with Crippen molar-refractivity contribution < 1.29 is 9.53 Å². The fourth-order valence-corrected chi connectivity index (χ4v) is 3.50. The second kappa shape index (κ2) is 6.28. The second-order valence-corrected chi connectivity index (χ2v) is 6.58. The Morgan fingerprint density at radius 1 is 1.27 bits per heavy atom. The van der Waals surface area contributed by atoms with Gasteiger partial charge in [0.2, 0.25) is 0 Å². The summed E-state index contributed by atoms with van der Waals surface area (Å²) in [5.41, 5.74) is 6.45. The molecule has 3 rings (SSSR count). The van der Waals surface area contributed by atoms with Crippen LogP contribution in [0.15, 0.2) is 41.3 Å². The molecule has 3 N–H and O–H groups in total. The van der Waals surface area contributed by atoms with Gasteiger partial charge in [0.05, 0.1) is 15.7 Å². The number of amides is 1. The highest BCUT2D eigenvalue weighted by Gasteiger charge is 2.26. The van der Waals surface area contributed by atoms with E-state index in [1.165, 1.54) is 0 Å². The maximum absolute atomic E-state index is 12.3. The summed E-state index contributed by atoms with van der Waals surface area (Å²) < 4.78 is 5.73. The zero-order valence-corrected chi connectivity index (χ0v) is 13.6. The largest absolute Gasteiger partial charge is 0.479 e. The van der Waals surface area contributed by atoms with Crippen LogP contribution in [0.1, 0.15) is 0 Å². The van der Waals surface area contributed by atoms with Gasteiger partial charge in [-0.05, 0) is 24.3 Å². The first-order valence-electron chi connectivity index (χ1n) is 6.48. The lowest BCUT2D eigenvalue weighted by molar-refractivity contribution is -0.122. The summed E-state index contributed by atoms with van der Waals surface area (Å²) in [6, 6.07) is 10.7. The third-order valence-corrected chi connectivity index (χ3v) is 4.89. The van der Waals surface area contributed by atoms with Gasteiger partial charge < -0.3 is 15.8 Å². The minimum absolute atomic E-state index is 0.251. The number of carbonyl (C=O) groups excluding carboxylic acids is 1. The summed E-state index contributed by atoms with van der Waals surface area (Å²) >= 11 is 13.5. The molecular formula is C15H12Cl2N2O2S. The summed E-state index contributed by atoms with van der Waals surface area (Å²) in [7, 11) is 0. The Hall–Kier alpha value is -1.56. The van der Waals surface area contributed by atoms with Gasteiger partial charge in [0.1, 0.15) is 5.75 Å². The molecule has 1 amide bonds. The number of nitrogen functional groups attached to an aromatic ring is 1. The molecule has 0 saturated heterocycles. The number of para-hydroxylation sites is 1.